The normalized spacial score (nSPS) is 62.3. The second-order valence-electron chi connectivity index (χ2n) is 10.2. The van der Waals surface area contributed by atoms with Gasteiger partial charge in [-0.05, 0) is 91.3 Å². The predicted octanol–water partition coefficient (Wildman–Crippen LogP) is 4.24. The van der Waals surface area contributed by atoms with Crippen LogP contribution in [0.4, 0.5) is 0 Å². The van der Waals surface area contributed by atoms with Crippen molar-refractivity contribution in [3.05, 3.63) is 0 Å². The van der Waals surface area contributed by atoms with Crippen LogP contribution in [-0.2, 0) is 0 Å². The summed E-state index contributed by atoms with van der Waals surface area (Å²) >= 11 is 0. The molecular formula is C21H36O2. The van der Waals surface area contributed by atoms with Gasteiger partial charge in [0.1, 0.15) is 0 Å². The van der Waals surface area contributed by atoms with Gasteiger partial charge in [0.25, 0.3) is 0 Å². The first-order chi connectivity index (χ1) is 10.8. The fraction of sp³-hybridized carbons (Fsp3) is 1.00. The van der Waals surface area contributed by atoms with Crippen LogP contribution >= 0.6 is 0 Å². The van der Waals surface area contributed by atoms with Gasteiger partial charge in [-0.2, -0.15) is 0 Å². The molecule has 4 saturated carbocycles. The van der Waals surface area contributed by atoms with Gasteiger partial charge < -0.3 is 10.2 Å². The molecule has 0 aromatic rings. The summed E-state index contributed by atoms with van der Waals surface area (Å²) in [6.07, 6.45) is 8.09. The average molecular weight is 321 g/mol. The summed E-state index contributed by atoms with van der Waals surface area (Å²) in [6, 6.07) is 0. The predicted molar refractivity (Wildman–Crippen MR) is 92.8 cm³/mol. The van der Waals surface area contributed by atoms with Gasteiger partial charge in [-0.1, -0.05) is 27.7 Å². The smallest absolute Gasteiger partial charge is 0.0581 e. The Hall–Kier alpha value is -0.0800. The van der Waals surface area contributed by atoms with Crippen molar-refractivity contribution < 1.29 is 10.2 Å². The molecule has 4 rings (SSSR count). The Morgan fingerprint density at radius 2 is 1.48 bits per heavy atom. The van der Waals surface area contributed by atoms with Gasteiger partial charge >= 0.3 is 0 Å². The van der Waals surface area contributed by atoms with Gasteiger partial charge in [0.15, 0.2) is 0 Å². The van der Waals surface area contributed by atoms with Crippen LogP contribution in [0.2, 0.25) is 0 Å². The zero-order valence-electron chi connectivity index (χ0n) is 15.5. The zero-order chi connectivity index (χ0) is 16.6. The number of rotatable bonds is 0. The van der Waals surface area contributed by atoms with E-state index in [2.05, 4.69) is 27.7 Å². The van der Waals surface area contributed by atoms with Gasteiger partial charge in [0.05, 0.1) is 12.2 Å². The van der Waals surface area contributed by atoms with Crippen molar-refractivity contribution in [2.75, 3.05) is 0 Å². The van der Waals surface area contributed by atoms with Crippen molar-refractivity contribution in [1.82, 2.24) is 0 Å². The molecule has 0 spiro atoms. The summed E-state index contributed by atoms with van der Waals surface area (Å²) in [6.45, 7) is 9.60. The van der Waals surface area contributed by atoms with Crippen LogP contribution in [0.3, 0.4) is 0 Å². The van der Waals surface area contributed by atoms with E-state index in [-0.39, 0.29) is 17.6 Å². The lowest BCUT2D eigenvalue weighted by Gasteiger charge is -2.63. The van der Waals surface area contributed by atoms with E-state index in [9.17, 15) is 10.2 Å². The standard InChI is InChI=1S/C21H36O2/c1-12-5-7-16-14-6-8-15-13(2)17(22)9-10-20(15,3)19(14)18(23)11-21(12,16)4/h12-19,22-23H,5-11H2,1-4H3/t12-,13+,14-,15-,16-,17+,18-,19+,20-,21+/m0/s1. The van der Waals surface area contributed by atoms with Crippen LogP contribution in [0.1, 0.15) is 72.6 Å². The highest BCUT2D eigenvalue weighted by Crippen LogP contribution is 2.67. The molecule has 0 aromatic heterocycles. The molecule has 0 amide bonds. The van der Waals surface area contributed by atoms with Crippen molar-refractivity contribution >= 4 is 0 Å². The van der Waals surface area contributed by atoms with Crippen LogP contribution in [-0.4, -0.2) is 22.4 Å². The molecule has 4 aliphatic rings. The third-order valence-corrected chi connectivity index (χ3v) is 9.57. The molecule has 0 aromatic carbocycles. The number of fused-ring (bicyclic) bond motifs is 5. The van der Waals surface area contributed by atoms with Crippen LogP contribution in [0, 0.1) is 46.3 Å². The Bertz CT molecular complexity index is 476. The topological polar surface area (TPSA) is 40.5 Å². The largest absolute Gasteiger partial charge is 0.393 e. The molecule has 4 fully saturated rings. The monoisotopic (exact) mass is 320 g/mol. The molecule has 0 aliphatic heterocycles. The number of hydrogen-bond acceptors (Lipinski definition) is 2. The molecular weight excluding hydrogens is 284 g/mol. The van der Waals surface area contributed by atoms with Gasteiger partial charge in [0, 0.05) is 0 Å². The van der Waals surface area contributed by atoms with E-state index in [1.165, 1.54) is 25.7 Å². The number of hydrogen-bond donors (Lipinski definition) is 2. The fourth-order valence-corrected chi connectivity index (χ4v) is 8.09. The lowest BCUT2D eigenvalue weighted by atomic mass is 9.42. The van der Waals surface area contributed by atoms with Gasteiger partial charge in [-0.3, -0.25) is 0 Å². The molecule has 0 heterocycles. The SMILES string of the molecule is C[C@H]1[C@H](O)CC[C@]2(C)[C@@H]3[C@@H](CC[C@@H]12)[C@@H]1CC[C@H](C)[C@@]1(C)C[C@@H]3O. The Morgan fingerprint density at radius 3 is 2.22 bits per heavy atom. The lowest BCUT2D eigenvalue weighted by molar-refractivity contribution is -0.189. The molecule has 2 nitrogen and oxygen atoms in total. The fourth-order valence-electron chi connectivity index (χ4n) is 8.09. The van der Waals surface area contributed by atoms with E-state index in [0.29, 0.717) is 23.2 Å². The van der Waals surface area contributed by atoms with Gasteiger partial charge in [0.2, 0.25) is 0 Å². The van der Waals surface area contributed by atoms with E-state index in [4.69, 9.17) is 0 Å². The summed E-state index contributed by atoms with van der Waals surface area (Å²) in [5, 5.41) is 21.6. The second kappa shape index (κ2) is 5.21. The van der Waals surface area contributed by atoms with Crippen molar-refractivity contribution in [3.63, 3.8) is 0 Å². The quantitative estimate of drug-likeness (QED) is 0.701. The Balaban J connectivity index is 1.69. The first kappa shape index (κ1) is 16.4. The molecule has 10 atom stereocenters. The highest BCUT2D eigenvalue weighted by atomic mass is 16.3. The summed E-state index contributed by atoms with van der Waals surface area (Å²) in [5.41, 5.74) is 0.609. The Kier molecular flexibility index (Phi) is 3.71. The highest BCUT2D eigenvalue weighted by Gasteiger charge is 2.63. The number of aliphatic hydroxyl groups excluding tert-OH is 2. The minimum atomic E-state index is -0.128. The van der Waals surface area contributed by atoms with E-state index >= 15 is 0 Å². The van der Waals surface area contributed by atoms with Crippen LogP contribution in [0.25, 0.3) is 0 Å². The molecule has 4 aliphatic carbocycles. The van der Waals surface area contributed by atoms with Gasteiger partial charge in [-0.25, -0.2) is 0 Å². The van der Waals surface area contributed by atoms with E-state index in [1.54, 1.807) is 0 Å². The zero-order valence-corrected chi connectivity index (χ0v) is 15.5. The maximum atomic E-state index is 11.2. The van der Waals surface area contributed by atoms with E-state index in [0.717, 1.165) is 37.0 Å². The van der Waals surface area contributed by atoms with Crippen molar-refractivity contribution in [1.29, 1.82) is 0 Å². The van der Waals surface area contributed by atoms with Crippen molar-refractivity contribution in [3.8, 4) is 0 Å². The van der Waals surface area contributed by atoms with Crippen LogP contribution in [0.5, 0.6) is 0 Å². The second-order valence-corrected chi connectivity index (χ2v) is 10.2. The van der Waals surface area contributed by atoms with Gasteiger partial charge in [-0.15, -0.1) is 0 Å². The molecule has 0 radical (unpaired) electrons. The van der Waals surface area contributed by atoms with Crippen molar-refractivity contribution in [2.45, 2.75) is 84.8 Å². The molecule has 23 heavy (non-hydrogen) atoms. The van der Waals surface area contributed by atoms with E-state index < -0.39 is 0 Å². The average Bonchev–Trinajstić information content (AvgIpc) is 2.78. The van der Waals surface area contributed by atoms with E-state index in [1.807, 2.05) is 0 Å². The summed E-state index contributed by atoms with van der Waals surface area (Å²) in [4.78, 5) is 0. The molecule has 2 heteroatoms. The molecule has 0 bridgehead atoms. The number of aliphatic hydroxyl groups is 2. The minimum Gasteiger partial charge on any atom is -0.393 e. The third kappa shape index (κ3) is 2.06. The van der Waals surface area contributed by atoms with Crippen LogP contribution in [0.15, 0.2) is 0 Å². The Labute approximate surface area is 142 Å². The lowest BCUT2D eigenvalue weighted by Crippen LogP contribution is -2.60. The highest BCUT2D eigenvalue weighted by molar-refractivity contribution is 5.12. The summed E-state index contributed by atoms with van der Waals surface area (Å²) < 4.78 is 0. The summed E-state index contributed by atoms with van der Waals surface area (Å²) in [5.74, 6) is 3.78. The Morgan fingerprint density at radius 1 is 0.783 bits per heavy atom. The maximum absolute atomic E-state index is 11.2. The molecule has 0 saturated heterocycles. The first-order valence-electron chi connectivity index (χ1n) is 10.1. The maximum Gasteiger partial charge on any atom is 0.0581 e. The molecule has 2 N–H and O–H groups in total. The third-order valence-electron chi connectivity index (χ3n) is 9.57. The first-order valence-corrected chi connectivity index (χ1v) is 10.1. The molecule has 0 unspecified atom stereocenters. The van der Waals surface area contributed by atoms with Crippen molar-refractivity contribution in [2.24, 2.45) is 46.3 Å². The van der Waals surface area contributed by atoms with Crippen LogP contribution < -0.4 is 0 Å². The molecule has 132 valence electrons. The minimum absolute atomic E-state index is 0.123. The summed E-state index contributed by atoms with van der Waals surface area (Å²) in [7, 11) is 0.